The molecule has 0 unspecified atom stereocenters. The average molecular weight is 451 g/mol. The number of nitrogens with one attached hydrogen (secondary N) is 2. The average Bonchev–Trinajstić information content (AvgIpc) is 3.40. The van der Waals surface area contributed by atoms with Gasteiger partial charge in [-0.2, -0.15) is 0 Å². The highest BCUT2D eigenvalue weighted by Gasteiger charge is 2.33. The molecule has 1 saturated carbocycles. The minimum absolute atomic E-state index is 0.0481. The van der Waals surface area contributed by atoms with Crippen LogP contribution in [0.25, 0.3) is 11.1 Å². The lowest BCUT2D eigenvalue weighted by Gasteiger charge is -2.21. The zero-order chi connectivity index (χ0) is 23.4. The number of carbonyl (C=O) groups is 3. The van der Waals surface area contributed by atoms with E-state index in [1.807, 2.05) is 31.2 Å². The summed E-state index contributed by atoms with van der Waals surface area (Å²) in [5.74, 6) is -1.59. The van der Waals surface area contributed by atoms with Gasteiger partial charge < -0.3 is 20.5 Å². The third-order valence-electron chi connectivity index (χ3n) is 6.66. The lowest BCUT2D eigenvalue weighted by molar-refractivity contribution is -0.141. The first-order valence-electron chi connectivity index (χ1n) is 11.6. The quantitative estimate of drug-likeness (QED) is 0.563. The fourth-order valence-corrected chi connectivity index (χ4v) is 4.98. The summed E-state index contributed by atoms with van der Waals surface area (Å²) in [7, 11) is 0. The Balaban J connectivity index is 1.35. The fourth-order valence-electron chi connectivity index (χ4n) is 4.98. The van der Waals surface area contributed by atoms with Gasteiger partial charge in [0.15, 0.2) is 0 Å². The molecule has 2 aliphatic carbocycles. The highest BCUT2D eigenvalue weighted by Crippen LogP contribution is 2.44. The maximum Gasteiger partial charge on any atom is 0.407 e. The molecule has 3 atom stereocenters. The molecule has 0 spiro atoms. The van der Waals surface area contributed by atoms with Gasteiger partial charge in [0.05, 0.1) is 5.92 Å². The lowest BCUT2D eigenvalue weighted by Crippen LogP contribution is -2.49. The third kappa shape index (κ3) is 5.02. The van der Waals surface area contributed by atoms with E-state index in [-0.39, 0.29) is 24.5 Å². The second-order valence-corrected chi connectivity index (χ2v) is 8.86. The number of carbonyl (C=O) groups excluding carboxylic acids is 2. The molecule has 0 aromatic heterocycles. The second-order valence-electron chi connectivity index (χ2n) is 8.86. The molecule has 4 rings (SSSR count). The summed E-state index contributed by atoms with van der Waals surface area (Å²) in [6.45, 7) is 2.12. The molecule has 0 aliphatic heterocycles. The first kappa shape index (κ1) is 22.8. The van der Waals surface area contributed by atoms with E-state index >= 15 is 0 Å². The predicted molar refractivity (Wildman–Crippen MR) is 124 cm³/mol. The Morgan fingerprint density at radius 3 is 2.24 bits per heavy atom. The molecule has 0 radical (unpaired) electrons. The lowest BCUT2D eigenvalue weighted by atomic mass is 9.98. The van der Waals surface area contributed by atoms with E-state index in [4.69, 9.17) is 9.84 Å². The van der Waals surface area contributed by atoms with Gasteiger partial charge in [0, 0.05) is 12.0 Å². The van der Waals surface area contributed by atoms with Crippen LogP contribution in [0.3, 0.4) is 0 Å². The number of rotatable bonds is 8. The first-order valence-corrected chi connectivity index (χ1v) is 11.6. The SMILES string of the molecule is CCC[C@H](NC(=O)OCC1c2ccccc2-c2ccccc21)C(=O)N[C@@H]1CC[C@H](C(=O)O)C1. The largest absolute Gasteiger partial charge is 0.481 e. The van der Waals surface area contributed by atoms with Crippen LogP contribution in [0.1, 0.15) is 56.1 Å². The van der Waals surface area contributed by atoms with Crippen LogP contribution in [0.15, 0.2) is 48.5 Å². The molecule has 7 heteroatoms. The summed E-state index contributed by atoms with van der Waals surface area (Å²) in [6.07, 6.45) is 2.17. The summed E-state index contributed by atoms with van der Waals surface area (Å²) in [6, 6.07) is 15.3. The number of carboxylic acid groups (broad SMARTS) is 1. The van der Waals surface area contributed by atoms with Crippen molar-refractivity contribution in [2.45, 2.75) is 57.0 Å². The standard InChI is InChI=1S/C26H30N2O5/c1-2-7-23(24(29)27-17-13-12-16(14-17)25(30)31)28-26(32)33-15-22-20-10-5-3-8-18(20)19-9-4-6-11-21(19)22/h3-6,8-11,16-17,22-23H,2,7,12-15H2,1H3,(H,27,29)(H,28,32)(H,30,31)/t16-,17+,23-/m0/s1. The highest BCUT2D eigenvalue weighted by atomic mass is 16.5. The number of fused-ring (bicyclic) bond motifs is 3. The van der Waals surface area contributed by atoms with E-state index < -0.39 is 24.0 Å². The number of aliphatic carboxylic acids is 1. The van der Waals surface area contributed by atoms with Crippen molar-refractivity contribution in [2.75, 3.05) is 6.61 Å². The Bertz CT molecular complexity index is 991. The molecular weight excluding hydrogens is 420 g/mol. The molecule has 1 fully saturated rings. The number of carboxylic acids is 1. The Kier molecular flexibility index (Phi) is 6.96. The summed E-state index contributed by atoms with van der Waals surface area (Å²) >= 11 is 0. The third-order valence-corrected chi connectivity index (χ3v) is 6.66. The van der Waals surface area contributed by atoms with Crippen LogP contribution in [-0.4, -0.2) is 41.8 Å². The van der Waals surface area contributed by atoms with Gasteiger partial charge in [-0.1, -0.05) is 61.9 Å². The predicted octanol–water partition coefficient (Wildman–Crippen LogP) is 4.06. The normalized spacial score (nSPS) is 19.9. The summed E-state index contributed by atoms with van der Waals surface area (Å²) < 4.78 is 5.58. The Labute approximate surface area is 193 Å². The van der Waals surface area contributed by atoms with E-state index in [2.05, 4.69) is 34.9 Å². The Morgan fingerprint density at radius 1 is 1.03 bits per heavy atom. The van der Waals surface area contributed by atoms with Gasteiger partial charge >= 0.3 is 12.1 Å². The van der Waals surface area contributed by atoms with Crippen molar-refractivity contribution in [2.24, 2.45) is 5.92 Å². The molecule has 2 amide bonds. The molecular formula is C26H30N2O5. The van der Waals surface area contributed by atoms with Crippen LogP contribution >= 0.6 is 0 Å². The number of hydrogen-bond donors (Lipinski definition) is 3. The van der Waals surface area contributed by atoms with Gasteiger partial charge in [-0.15, -0.1) is 0 Å². The summed E-state index contributed by atoms with van der Waals surface area (Å²) in [5.41, 5.74) is 4.57. The minimum atomic E-state index is -0.825. The van der Waals surface area contributed by atoms with Crippen molar-refractivity contribution < 1.29 is 24.2 Å². The zero-order valence-electron chi connectivity index (χ0n) is 18.8. The van der Waals surface area contributed by atoms with Gasteiger partial charge in [-0.25, -0.2) is 4.79 Å². The molecule has 2 aromatic rings. The number of ether oxygens (including phenoxy) is 1. The smallest absolute Gasteiger partial charge is 0.407 e. The van der Waals surface area contributed by atoms with E-state index in [9.17, 15) is 14.4 Å². The highest BCUT2D eigenvalue weighted by molar-refractivity contribution is 5.86. The summed E-state index contributed by atoms with van der Waals surface area (Å²) in [4.78, 5) is 36.5. The number of hydrogen-bond acceptors (Lipinski definition) is 4. The van der Waals surface area contributed by atoms with Gasteiger partial charge in [-0.3, -0.25) is 9.59 Å². The van der Waals surface area contributed by atoms with Crippen LogP contribution in [0.5, 0.6) is 0 Å². The van der Waals surface area contributed by atoms with Crippen molar-refractivity contribution in [3.63, 3.8) is 0 Å². The van der Waals surface area contributed by atoms with Crippen LogP contribution in [0, 0.1) is 5.92 Å². The van der Waals surface area contributed by atoms with Crippen molar-refractivity contribution in [1.29, 1.82) is 0 Å². The van der Waals surface area contributed by atoms with E-state index in [1.54, 1.807) is 0 Å². The molecule has 33 heavy (non-hydrogen) atoms. The number of amides is 2. The van der Waals surface area contributed by atoms with Crippen LogP contribution in [0.4, 0.5) is 4.79 Å². The number of alkyl carbamates (subject to hydrolysis) is 1. The van der Waals surface area contributed by atoms with Gasteiger partial charge in [-0.05, 0) is 47.9 Å². The van der Waals surface area contributed by atoms with Gasteiger partial charge in [0.1, 0.15) is 12.6 Å². The van der Waals surface area contributed by atoms with Crippen molar-refractivity contribution in [3.05, 3.63) is 59.7 Å². The van der Waals surface area contributed by atoms with E-state index in [0.717, 1.165) is 22.3 Å². The van der Waals surface area contributed by atoms with Crippen molar-refractivity contribution in [3.8, 4) is 11.1 Å². The van der Waals surface area contributed by atoms with Gasteiger partial charge in [0.2, 0.25) is 5.91 Å². The molecule has 2 aromatic carbocycles. The van der Waals surface area contributed by atoms with Crippen LogP contribution in [-0.2, 0) is 14.3 Å². The topological polar surface area (TPSA) is 105 Å². The maximum absolute atomic E-state index is 12.8. The maximum atomic E-state index is 12.8. The number of benzene rings is 2. The van der Waals surface area contributed by atoms with Crippen LogP contribution < -0.4 is 10.6 Å². The molecule has 174 valence electrons. The monoisotopic (exact) mass is 450 g/mol. The van der Waals surface area contributed by atoms with Crippen molar-refractivity contribution in [1.82, 2.24) is 10.6 Å². The van der Waals surface area contributed by atoms with Crippen molar-refractivity contribution >= 4 is 18.0 Å². The van der Waals surface area contributed by atoms with E-state index in [1.165, 1.54) is 0 Å². The van der Waals surface area contributed by atoms with Crippen LogP contribution in [0.2, 0.25) is 0 Å². The molecule has 0 saturated heterocycles. The molecule has 3 N–H and O–H groups in total. The Hall–Kier alpha value is -3.35. The zero-order valence-corrected chi connectivity index (χ0v) is 18.8. The van der Waals surface area contributed by atoms with Gasteiger partial charge in [0.25, 0.3) is 0 Å². The first-order chi connectivity index (χ1) is 16.0. The van der Waals surface area contributed by atoms with E-state index in [0.29, 0.717) is 32.1 Å². The second kappa shape index (κ2) is 10.1. The molecule has 7 nitrogen and oxygen atoms in total. The molecule has 0 heterocycles. The fraction of sp³-hybridized carbons (Fsp3) is 0.423. The Morgan fingerprint density at radius 2 is 1.67 bits per heavy atom. The molecule has 0 bridgehead atoms. The molecule has 2 aliphatic rings. The minimum Gasteiger partial charge on any atom is -0.481 e. The summed E-state index contributed by atoms with van der Waals surface area (Å²) in [5, 5.41) is 14.8.